The first kappa shape index (κ1) is 20.9. The second kappa shape index (κ2) is 10.1. The van der Waals surface area contributed by atoms with E-state index < -0.39 is 10.0 Å². The lowest BCUT2D eigenvalue weighted by Crippen LogP contribution is -2.42. The average molecular weight is 381 g/mol. The van der Waals surface area contributed by atoms with Gasteiger partial charge in [-0.05, 0) is 25.3 Å². The molecule has 0 heterocycles. The number of hydrogen-bond acceptors (Lipinski definition) is 3. The summed E-state index contributed by atoms with van der Waals surface area (Å²) >= 11 is 0. The van der Waals surface area contributed by atoms with E-state index in [9.17, 15) is 13.2 Å². The Morgan fingerprint density at radius 2 is 1.69 bits per heavy atom. The number of sulfonamides is 1. The Morgan fingerprint density at radius 3 is 2.23 bits per heavy atom. The van der Waals surface area contributed by atoms with Crippen LogP contribution in [0.4, 0.5) is 0 Å². The van der Waals surface area contributed by atoms with Gasteiger partial charge in [0, 0.05) is 32.1 Å². The molecule has 5 nitrogen and oxygen atoms in total. The summed E-state index contributed by atoms with van der Waals surface area (Å²) in [6.07, 6.45) is 7.81. The van der Waals surface area contributed by atoms with E-state index >= 15 is 0 Å². The number of amides is 1. The van der Waals surface area contributed by atoms with Crippen molar-refractivity contribution in [2.24, 2.45) is 0 Å². The van der Waals surface area contributed by atoms with Gasteiger partial charge in [0.1, 0.15) is 0 Å². The van der Waals surface area contributed by atoms with Crippen molar-refractivity contribution in [1.82, 2.24) is 9.21 Å². The number of carbonyl (C=O) groups excluding carboxylic acids is 1. The van der Waals surface area contributed by atoms with Gasteiger partial charge < -0.3 is 4.90 Å². The molecule has 6 heteroatoms. The Hall–Kier alpha value is -1.40. The molecular formula is C20H32N2O3S. The third-order valence-electron chi connectivity index (χ3n) is 5.15. The van der Waals surface area contributed by atoms with Crippen LogP contribution in [0.3, 0.4) is 0 Å². The van der Waals surface area contributed by atoms with Crippen molar-refractivity contribution in [2.45, 2.75) is 64.5 Å². The van der Waals surface area contributed by atoms with Crippen LogP contribution < -0.4 is 0 Å². The summed E-state index contributed by atoms with van der Waals surface area (Å²) in [5.41, 5.74) is 1.09. The molecule has 146 valence electrons. The van der Waals surface area contributed by atoms with Gasteiger partial charge in [0.05, 0.1) is 6.26 Å². The molecule has 2 rings (SSSR count). The Balaban J connectivity index is 1.98. The van der Waals surface area contributed by atoms with E-state index in [2.05, 4.69) is 0 Å². The zero-order valence-corrected chi connectivity index (χ0v) is 16.9. The fourth-order valence-corrected chi connectivity index (χ4v) is 4.88. The third-order valence-corrected chi connectivity index (χ3v) is 6.49. The summed E-state index contributed by atoms with van der Waals surface area (Å²) < 4.78 is 26.1. The van der Waals surface area contributed by atoms with Gasteiger partial charge in [0.25, 0.3) is 0 Å². The van der Waals surface area contributed by atoms with Crippen LogP contribution in [0.2, 0.25) is 0 Å². The van der Waals surface area contributed by atoms with E-state index in [1.807, 2.05) is 37.3 Å². The SMILES string of the molecule is CCN(Cc1ccccc1)C(=O)CCN(C1CCCCCC1)S(C)(=O)=O. The molecule has 0 radical (unpaired) electrons. The Morgan fingerprint density at radius 1 is 1.08 bits per heavy atom. The smallest absolute Gasteiger partial charge is 0.224 e. The molecule has 1 saturated carbocycles. The molecule has 0 aliphatic heterocycles. The Labute approximate surface area is 158 Å². The highest BCUT2D eigenvalue weighted by Gasteiger charge is 2.28. The van der Waals surface area contributed by atoms with E-state index in [0.717, 1.165) is 31.2 Å². The van der Waals surface area contributed by atoms with Crippen molar-refractivity contribution < 1.29 is 13.2 Å². The van der Waals surface area contributed by atoms with Gasteiger partial charge in [0.2, 0.25) is 15.9 Å². The summed E-state index contributed by atoms with van der Waals surface area (Å²) in [4.78, 5) is 14.5. The van der Waals surface area contributed by atoms with Crippen LogP contribution in [0.25, 0.3) is 0 Å². The van der Waals surface area contributed by atoms with Crippen molar-refractivity contribution in [2.75, 3.05) is 19.3 Å². The van der Waals surface area contributed by atoms with Crippen LogP contribution in [0.1, 0.15) is 57.4 Å². The minimum atomic E-state index is -3.31. The number of benzene rings is 1. The van der Waals surface area contributed by atoms with Crippen LogP contribution in [0.5, 0.6) is 0 Å². The van der Waals surface area contributed by atoms with Gasteiger partial charge in [0.15, 0.2) is 0 Å². The molecule has 1 amide bonds. The summed E-state index contributed by atoms with van der Waals surface area (Å²) in [6.45, 7) is 3.43. The second-order valence-corrected chi connectivity index (χ2v) is 9.10. The maximum absolute atomic E-state index is 12.7. The molecule has 0 bridgehead atoms. The van der Waals surface area contributed by atoms with Gasteiger partial charge in [-0.25, -0.2) is 8.42 Å². The molecule has 0 aromatic heterocycles. The van der Waals surface area contributed by atoms with Crippen LogP contribution in [-0.4, -0.2) is 48.9 Å². The highest BCUT2D eigenvalue weighted by atomic mass is 32.2. The number of carbonyl (C=O) groups is 1. The zero-order valence-electron chi connectivity index (χ0n) is 16.1. The fourth-order valence-electron chi connectivity index (χ4n) is 3.71. The van der Waals surface area contributed by atoms with Gasteiger partial charge in [-0.1, -0.05) is 56.0 Å². The number of hydrogen-bond donors (Lipinski definition) is 0. The number of rotatable bonds is 8. The van der Waals surface area contributed by atoms with Gasteiger partial charge in [-0.2, -0.15) is 4.31 Å². The second-order valence-electron chi connectivity index (χ2n) is 7.16. The van der Waals surface area contributed by atoms with E-state index in [1.165, 1.54) is 19.1 Å². The van der Waals surface area contributed by atoms with Crippen molar-refractivity contribution in [3.05, 3.63) is 35.9 Å². The Kier molecular flexibility index (Phi) is 8.10. The molecule has 0 saturated heterocycles. The van der Waals surface area contributed by atoms with Crippen molar-refractivity contribution >= 4 is 15.9 Å². The first-order valence-electron chi connectivity index (χ1n) is 9.70. The third kappa shape index (κ3) is 6.40. The van der Waals surface area contributed by atoms with Crippen LogP contribution >= 0.6 is 0 Å². The summed E-state index contributed by atoms with van der Waals surface area (Å²) in [5, 5.41) is 0. The average Bonchev–Trinajstić information content (AvgIpc) is 2.88. The highest BCUT2D eigenvalue weighted by molar-refractivity contribution is 7.88. The molecule has 1 aromatic rings. The van der Waals surface area contributed by atoms with Crippen LogP contribution in [0.15, 0.2) is 30.3 Å². The zero-order chi connectivity index (χ0) is 19.0. The first-order chi connectivity index (χ1) is 12.4. The predicted molar refractivity (Wildman–Crippen MR) is 105 cm³/mol. The summed E-state index contributed by atoms with van der Waals surface area (Å²) in [6, 6.07) is 9.94. The minimum absolute atomic E-state index is 0.0126. The Bertz CT molecular complexity index is 653. The topological polar surface area (TPSA) is 57.7 Å². The molecule has 0 atom stereocenters. The van der Waals surface area contributed by atoms with E-state index in [1.54, 1.807) is 9.21 Å². The van der Waals surface area contributed by atoms with Crippen molar-refractivity contribution in [1.29, 1.82) is 0 Å². The quantitative estimate of drug-likeness (QED) is 0.650. The maximum Gasteiger partial charge on any atom is 0.224 e. The summed E-state index contributed by atoms with van der Waals surface area (Å²) in [7, 11) is -3.31. The molecule has 1 fully saturated rings. The molecule has 1 aliphatic carbocycles. The van der Waals surface area contributed by atoms with Crippen molar-refractivity contribution in [3.63, 3.8) is 0 Å². The summed E-state index contributed by atoms with van der Waals surface area (Å²) in [5.74, 6) is 0.0126. The molecule has 0 unspecified atom stereocenters. The lowest BCUT2D eigenvalue weighted by molar-refractivity contribution is -0.131. The van der Waals surface area contributed by atoms with E-state index in [-0.39, 0.29) is 24.9 Å². The maximum atomic E-state index is 12.7. The van der Waals surface area contributed by atoms with Crippen molar-refractivity contribution in [3.8, 4) is 0 Å². The molecule has 0 spiro atoms. The standard InChI is InChI=1S/C20H32N2O3S/c1-3-21(17-18-11-7-6-8-12-18)20(23)15-16-22(26(2,24)25)19-13-9-4-5-10-14-19/h6-8,11-12,19H,3-5,9-10,13-17H2,1-2H3. The fraction of sp³-hybridized carbons (Fsp3) is 0.650. The van der Waals surface area contributed by atoms with Gasteiger partial charge in [-0.15, -0.1) is 0 Å². The molecule has 1 aromatic carbocycles. The number of nitrogens with zero attached hydrogens (tertiary/aromatic N) is 2. The normalized spacial score (nSPS) is 16.4. The largest absolute Gasteiger partial charge is 0.339 e. The lowest BCUT2D eigenvalue weighted by Gasteiger charge is -2.30. The van der Waals surface area contributed by atoms with Crippen LogP contribution in [0, 0.1) is 0 Å². The van der Waals surface area contributed by atoms with E-state index in [0.29, 0.717) is 13.1 Å². The monoisotopic (exact) mass is 380 g/mol. The molecule has 26 heavy (non-hydrogen) atoms. The predicted octanol–water partition coefficient (Wildman–Crippen LogP) is 3.41. The minimum Gasteiger partial charge on any atom is -0.339 e. The lowest BCUT2D eigenvalue weighted by atomic mass is 10.1. The van der Waals surface area contributed by atoms with E-state index in [4.69, 9.17) is 0 Å². The van der Waals surface area contributed by atoms with Gasteiger partial charge >= 0.3 is 0 Å². The molecular weight excluding hydrogens is 348 g/mol. The van der Waals surface area contributed by atoms with Gasteiger partial charge in [-0.3, -0.25) is 4.79 Å². The first-order valence-corrected chi connectivity index (χ1v) is 11.5. The van der Waals surface area contributed by atoms with Crippen LogP contribution in [-0.2, 0) is 21.4 Å². The molecule has 0 N–H and O–H groups in total. The highest BCUT2D eigenvalue weighted by Crippen LogP contribution is 2.24. The molecule has 1 aliphatic rings.